The summed E-state index contributed by atoms with van der Waals surface area (Å²) in [5.41, 5.74) is -3.70. The van der Waals surface area contributed by atoms with Crippen LogP contribution in [0.25, 0.3) is 6.08 Å². The third kappa shape index (κ3) is 7.21. The topological polar surface area (TPSA) is 49.4 Å². The number of nitrogens with one attached hydrogen (secondary N) is 1. The van der Waals surface area contributed by atoms with E-state index in [4.69, 9.17) is 0 Å². The zero-order chi connectivity index (χ0) is 18.3. The van der Waals surface area contributed by atoms with Crippen LogP contribution in [0.3, 0.4) is 0 Å². The van der Waals surface area contributed by atoms with E-state index in [2.05, 4.69) is 5.32 Å². The standard InChI is InChI=1S/C17H19F3N2O2S/c18-17(19,20)25-14-6-3-13(4-7-14)5-8-15(23)21-10-9-16(24)22-11-1-2-12-22/h3-8H,1-2,9-12H2,(H,21,23)/b8-5+. The number of likely N-dealkylation sites (tertiary alicyclic amines) is 1. The van der Waals surface area contributed by atoms with Gasteiger partial charge < -0.3 is 10.2 Å². The Hall–Kier alpha value is -1.96. The molecule has 2 amide bonds. The smallest absolute Gasteiger partial charge is 0.352 e. The number of rotatable bonds is 6. The van der Waals surface area contributed by atoms with Crippen molar-refractivity contribution < 1.29 is 22.8 Å². The van der Waals surface area contributed by atoms with E-state index in [-0.39, 0.29) is 41.4 Å². The number of amides is 2. The SMILES string of the molecule is O=C(/C=C/c1ccc(SC(F)(F)F)cc1)NCCC(=O)N1CCCC1. The number of thioether (sulfide) groups is 1. The molecule has 1 heterocycles. The molecule has 0 aliphatic carbocycles. The van der Waals surface area contributed by atoms with Crippen molar-refractivity contribution in [3.63, 3.8) is 0 Å². The molecule has 0 aromatic heterocycles. The molecule has 1 aromatic rings. The Labute approximate surface area is 148 Å². The molecule has 0 bridgehead atoms. The minimum atomic E-state index is -4.32. The molecule has 136 valence electrons. The van der Waals surface area contributed by atoms with Gasteiger partial charge in [0.05, 0.1) is 0 Å². The molecule has 0 unspecified atom stereocenters. The van der Waals surface area contributed by atoms with Gasteiger partial charge in [-0.25, -0.2) is 0 Å². The molecule has 4 nitrogen and oxygen atoms in total. The average Bonchev–Trinajstić information content (AvgIpc) is 3.07. The Bertz CT molecular complexity index is 624. The van der Waals surface area contributed by atoms with Crippen molar-refractivity contribution in [3.8, 4) is 0 Å². The molecule has 0 spiro atoms. The first kappa shape index (κ1) is 19.4. The highest BCUT2D eigenvalue weighted by atomic mass is 32.2. The normalized spacial score (nSPS) is 14.9. The van der Waals surface area contributed by atoms with Crippen molar-refractivity contribution in [1.29, 1.82) is 0 Å². The van der Waals surface area contributed by atoms with Crippen LogP contribution in [-0.2, 0) is 9.59 Å². The number of carbonyl (C=O) groups is 2. The van der Waals surface area contributed by atoms with Gasteiger partial charge in [0.2, 0.25) is 11.8 Å². The fraction of sp³-hybridized carbons (Fsp3) is 0.412. The second-order valence-corrected chi connectivity index (χ2v) is 6.72. The third-order valence-corrected chi connectivity index (χ3v) is 4.38. The minimum absolute atomic E-state index is 0.0412. The van der Waals surface area contributed by atoms with Gasteiger partial charge in [-0.05, 0) is 48.4 Å². The van der Waals surface area contributed by atoms with Crippen LogP contribution in [0.5, 0.6) is 0 Å². The summed E-state index contributed by atoms with van der Waals surface area (Å²) in [7, 11) is 0. The van der Waals surface area contributed by atoms with Gasteiger partial charge in [-0.1, -0.05) is 12.1 Å². The largest absolute Gasteiger partial charge is 0.446 e. The predicted molar refractivity (Wildman–Crippen MR) is 90.8 cm³/mol. The molecular weight excluding hydrogens is 353 g/mol. The first-order chi connectivity index (χ1) is 11.8. The summed E-state index contributed by atoms with van der Waals surface area (Å²) in [6.07, 6.45) is 5.14. The molecular formula is C17H19F3N2O2S. The lowest BCUT2D eigenvalue weighted by Crippen LogP contribution is -2.32. The van der Waals surface area contributed by atoms with Gasteiger partial charge in [0.1, 0.15) is 0 Å². The van der Waals surface area contributed by atoms with Gasteiger partial charge in [-0.3, -0.25) is 9.59 Å². The molecule has 0 radical (unpaired) electrons. The number of halogens is 3. The molecule has 1 fully saturated rings. The van der Waals surface area contributed by atoms with E-state index in [1.54, 1.807) is 4.90 Å². The Morgan fingerprint density at radius 1 is 1.16 bits per heavy atom. The summed E-state index contributed by atoms with van der Waals surface area (Å²) in [6.45, 7) is 1.84. The number of benzene rings is 1. The van der Waals surface area contributed by atoms with Crippen LogP contribution in [0.2, 0.25) is 0 Å². The van der Waals surface area contributed by atoms with E-state index < -0.39 is 5.51 Å². The molecule has 25 heavy (non-hydrogen) atoms. The van der Waals surface area contributed by atoms with Crippen molar-refractivity contribution in [2.45, 2.75) is 29.7 Å². The van der Waals surface area contributed by atoms with Crippen molar-refractivity contribution in [1.82, 2.24) is 10.2 Å². The number of hydrogen-bond acceptors (Lipinski definition) is 3. The van der Waals surface area contributed by atoms with Crippen LogP contribution in [0.4, 0.5) is 13.2 Å². The van der Waals surface area contributed by atoms with Gasteiger partial charge in [0, 0.05) is 37.0 Å². The van der Waals surface area contributed by atoms with Crippen molar-refractivity contribution in [2.75, 3.05) is 19.6 Å². The summed E-state index contributed by atoms with van der Waals surface area (Å²) in [5.74, 6) is -0.303. The van der Waals surface area contributed by atoms with Crippen LogP contribution >= 0.6 is 11.8 Å². The van der Waals surface area contributed by atoms with Crippen LogP contribution in [0.1, 0.15) is 24.8 Å². The second-order valence-electron chi connectivity index (χ2n) is 5.58. The summed E-state index contributed by atoms with van der Waals surface area (Å²) < 4.78 is 36.7. The van der Waals surface area contributed by atoms with E-state index in [1.165, 1.54) is 36.4 Å². The zero-order valence-corrected chi connectivity index (χ0v) is 14.3. The molecule has 8 heteroatoms. The first-order valence-electron chi connectivity index (χ1n) is 7.93. The number of alkyl halides is 3. The van der Waals surface area contributed by atoms with Gasteiger partial charge >= 0.3 is 5.51 Å². The van der Waals surface area contributed by atoms with Crippen molar-refractivity contribution in [2.24, 2.45) is 0 Å². The highest BCUT2D eigenvalue weighted by molar-refractivity contribution is 8.00. The van der Waals surface area contributed by atoms with E-state index in [1.807, 2.05) is 0 Å². The Balaban J connectivity index is 1.73. The van der Waals surface area contributed by atoms with E-state index in [0.29, 0.717) is 5.56 Å². The van der Waals surface area contributed by atoms with Gasteiger partial charge in [-0.2, -0.15) is 13.2 Å². The molecule has 1 aliphatic rings. The molecule has 2 rings (SSSR count). The lowest BCUT2D eigenvalue weighted by atomic mass is 10.2. The molecule has 1 aliphatic heterocycles. The van der Waals surface area contributed by atoms with E-state index in [9.17, 15) is 22.8 Å². The summed E-state index contributed by atoms with van der Waals surface area (Å²) in [6, 6.07) is 5.72. The fourth-order valence-electron chi connectivity index (χ4n) is 2.43. The van der Waals surface area contributed by atoms with Crippen molar-refractivity contribution >= 4 is 29.7 Å². The molecule has 1 saturated heterocycles. The molecule has 1 N–H and O–H groups in total. The van der Waals surface area contributed by atoms with Crippen LogP contribution in [0.15, 0.2) is 35.2 Å². The maximum atomic E-state index is 12.2. The first-order valence-corrected chi connectivity index (χ1v) is 8.75. The second kappa shape index (κ2) is 8.94. The highest BCUT2D eigenvalue weighted by Gasteiger charge is 2.28. The lowest BCUT2D eigenvalue weighted by molar-refractivity contribution is -0.130. The minimum Gasteiger partial charge on any atom is -0.352 e. The Kier molecular flexibility index (Phi) is 6.92. The van der Waals surface area contributed by atoms with Gasteiger partial charge in [0.15, 0.2) is 0 Å². The van der Waals surface area contributed by atoms with Crippen LogP contribution in [-0.4, -0.2) is 41.9 Å². The number of carbonyl (C=O) groups excluding carboxylic acids is 2. The lowest BCUT2D eigenvalue weighted by Gasteiger charge is -2.14. The highest BCUT2D eigenvalue weighted by Crippen LogP contribution is 2.36. The summed E-state index contributed by atoms with van der Waals surface area (Å²) in [5, 5.41) is 2.62. The van der Waals surface area contributed by atoms with Crippen molar-refractivity contribution in [3.05, 3.63) is 35.9 Å². The summed E-state index contributed by atoms with van der Waals surface area (Å²) in [4.78, 5) is 25.4. The predicted octanol–water partition coefficient (Wildman–Crippen LogP) is 3.44. The summed E-state index contributed by atoms with van der Waals surface area (Å²) >= 11 is -0.181. The fourth-order valence-corrected chi connectivity index (χ4v) is 2.97. The van der Waals surface area contributed by atoms with E-state index >= 15 is 0 Å². The molecule has 0 saturated carbocycles. The maximum Gasteiger partial charge on any atom is 0.446 e. The number of nitrogens with zero attached hydrogens (tertiary/aromatic N) is 1. The molecule has 0 atom stereocenters. The van der Waals surface area contributed by atoms with E-state index in [0.717, 1.165) is 25.9 Å². The van der Waals surface area contributed by atoms with Crippen LogP contribution < -0.4 is 5.32 Å². The van der Waals surface area contributed by atoms with Gasteiger partial charge in [-0.15, -0.1) is 0 Å². The third-order valence-electron chi connectivity index (χ3n) is 3.64. The van der Waals surface area contributed by atoms with Crippen LogP contribution in [0, 0.1) is 0 Å². The number of hydrogen-bond donors (Lipinski definition) is 1. The average molecular weight is 372 g/mol. The quantitative estimate of drug-likeness (QED) is 0.615. The Morgan fingerprint density at radius 3 is 2.40 bits per heavy atom. The van der Waals surface area contributed by atoms with Gasteiger partial charge in [0.25, 0.3) is 0 Å². The maximum absolute atomic E-state index is 12.2. The molecule has 1 aromatic carbocycles. The monoisotopic (exact) mass is 372 g/mol. The Morgan fingerprint density at radius 2 is 1.80 bits per heavy atom. The zero-order valence-electron chi connectivity index (χ0n) is 13.5.